The molecular formula is C104H140F4N24O12. The molecule has 8 aromatic heterocycles. The molecule has 8 unspecified atom stereocenters. The molecule has 0 spiro atoms. The number of hydrogen-bond donors (Lipinski definition) is 4. The van der Waals surface area contributed by atoms with Crippen molar-refractivity contribution < 1.29 is 75.9 Å². The molecule has 4 aromatic carbocycles. The number of hydrogen-bond acceptors (Lipinski definition) is 32. The van der Waals surface area contributed by atoms with Gasteiger partial charge in [-0.2, -0.15) is 60.3 Å². The highest BCUT2D eigenvalue weighted by atomic mass is 19.1. The summed E-state index contributed by atoms with van der Waals surface area (Å²) in [5.41, 5.74) is 14.2. The van der Waals surface area contributed by atoms with Gasteiger partial charge in [-0.1, -0.05) is 0 Å². The van der Waals surface area contributed by atoms with Crippen molar-refractivity contribution in [1.29, 1.82) is 0 Å². The van der Waals surface area contributed by atoms with E-state index in [1.165, 1.54) is 44.5 Å². The SMILES string of the molecule is COc1nc(N2CCOC(C(C)O)C2)cc(-n2ncc3cc(C)c(C4CCN(CCF)CC4)cc32)n1.COc1nc(N2CCOC(C(C)O)C2)cc(-n2ncc3cc(C)c(C4CCN(CCF)CC4)cc32)n1.COc1nc(N2CCOC(C(C)O)C2)cc(-n2ncc3cc(C)c(C4CCN(CCF)CC4)cc32)n1.COc1nc(N2CCOC(C(C)O)C2)cc(-n2ncc3cc(C)c(C4CCN(CCF)CC4)cc32)n1. The monoisotopic (exact) mass is 1990 g/mol. The van der Waals surface area contributed by atoms with Crippen molar-refractivity contribution in [3.63, 3.8) is 0 Å². The van der Waals surface area contributed by atoms with Gasteiger partial charge in [-0.25, -0.2) is 36.3 Å². The number of methoxy groups -OCH3 is 4. The van der Waals surface area contributed by atoms with Crippen LogP contribution in [0.25, 0.3) is 66.9 Å². The maximum Gasteiger partial charge on any atom is 0.320 e. The van der Waals surface area contributed by atoms with Gasteiger partial charge < -0.3 is 97.5 Å². The van der Waals surface area contributed by atoms with Crippen LogP contribution in [0.3, 0.4) is 0 Å². The Morgan fingerprint density at radius 2 is 0.486 bits per heavy atom. The van der Waals surface area contributed by atoms with Crippen molar-refractivity contribution in [3.8, 4) is 47.3 Å². The van der Waals surface area contributed by atoms with Gasteiger partial charge >= 0.3 is 24.0 Å². The number of aromatic nitrogens is 16. The number of aliphatic hydroxyl groups excluding tert-OH is 4. The highest BCUT2D eigenvalue weighted by Gasteiger charge is 2.35. The number of anilines is 4. The van der Waals surface area contributed by atoms with Crippen LogP contribution in [0.4, 0.5) is 40.8 Å². The van der Waals surface area contributed by atoms with Crippen LogP contribution in [0.15, 0.2) is 97.6 Å². The maximum absolute atomic E-state index is 12.8. The number of halogens is 4. The standard InChI is InChI=1S/4C26H35FN6O3/c4*1-17-12-20-15-28-33(22(20)13-21(17)19-4-7-31(8-5-19)9-6-27)25-14-24(29-26(30-25)35-3)32-10-11-36-23(16-32)18(2)34/h4*12-15,18-19,23,34H,4-11,16H2,1-3H3. The lowest BCUT2D eigenvalue weighted by molar-refractivity contribution is -0.0366. The molecule has 0 radical (unpaired) electrons. The molecule has 0 amide bonds. The van der Waals surface area contributed by atoms with Crippen LogP contribution in [0.5, 0.6) is 24.0 Å². The van der Waals surface area contributed by atoms with E-state index < -0.39 is 24.4 Å². The van der Waals surface area contributed by atoms with Crippen LogP contribution in [0.2, 0.25) is 0 Å². The predicted molar refractivity (Wildman–Crippen MR) is 544 cm³/mol. The molecule has 8 aliphatic rings. The maximum atomic E-state index is 12.8. The van der Waals surface area contributed by atoms with Crippen LogP contribution in [0.1, 0.15) is 147 Å². The summed E-state index contributed by atoms with van der Waals surface area (Å²) < 4.78 is 103. The van der Waals surface area contributed by atoms with Crippen molar-refractivity contribution in [3.05, 3.63) is 142 Å². The summed E-state index contributed by atoms with van der Waals surface area (Å²) in [5, 5.41) is 63.0. The van der Waals surface area contributed by atoms with Crippen LogP contribution in [-0.2, 0) is 18.9 Å². The summed E-state index contributed by atoms with van der Waals surface area (Å²) in [6.07, 6.45) is 12.2. The molecule has 16 heterocycles. The van der Waals surface area contributed by atoms with Crippen molar-refractivity contribution in [2.45, 2.75) is 179 Å². The highest BCUT2D eigenvalue weighted by Crippen LogP contribution is 2.41. The summed E-state index contributed by atoms with van der Waals surface area (Å²) in [7, 11) is 6.22. The van der Waals surface area contributed by atoms with Gasteiger partial charge in [0.15, 0.2) is 23.3 Å². The number of likely N-dealkylation sites (tertiary alicyclic amines) is 4. The first-order chi connectivity index (χ1) is 69.8. The zero-order valence-corrected chi connectivity index (χ0v) is 84.9. The number of piperidine rings is 4. The van der Waals surface area contributed by atoms with Crippen molar-refractivity contribution in [1.82, 2.24) is 98.6 Å². The van der Waals surface area contributed by atoms with E-state index in [2.05, 4.69) is 176 Å². The largest absolute Gasteiger partial charge is 0.467 e. The Hall–Kier alpha value is -11.3. The summed E-state index contributed by atoms with van der Waals surface area (Å²) in [5.74, 6) is 7.10. The van der Waals surface area contributed by atoms with Gasteiger partial charge in [0.25, 0.3) is 0 Å². The fourth-order valence-corrected chi connectivity index (χ4v) is 21.4. The molecule has 4 N–H and O–H groups in total. The van der Waals surface area contributed by atoms with E-state index in [1.54, 1.807) is 56.1 Å². The Kier molecular flexibility index (Phi) is 34.6. The van der Waals surface area contributed by atoms with E-state index >= 15 is 0 Å². The molecule has 8 fully saturated rings. The number of aryl methyl sites for hydroxylation is 4. The third-order valence-corrected chi connectivity index (χ3v) is 29.7. The summed E-state index contributed by atoms with van der Waals surface area (Å²) in [4.78, 5) is 53.9. The number of ether oxygens (including phenoxy) is 8. The highest BCUT2D eigenvalue weighted by molar-refractivity contribution is 5.85. The van der Waals surface area contributed by atoms with E-state index in [1.807, 2.05) is 67.8 Å². The Balaban J connectivity index is 0.000000132. The quantitative estimate of drug-likeness (QED) is 0.0331. The zero-order chi connectivity index (χ0) is 101. The molecule has 8 saturated heterocycles. The lowest BCUT2D eigenvalue weighted by Gasteiger charge is -2.35. The average molecular weight is 1990 g/mol. The van der Waals surface area contributed by atoms with E-state index in [4.69, 9.17) is 37.9 Å². The van der Waals surface area contributed by atoms with E-state index in [9.17, 15) is 38.0 Å². The Morgan fingerprint density at radius 1 is 0.292 bits per heavy atom. The minimum absolute atomic E-state index is 0.263. The smallest absolute Gasteiger partial charge is 0.320 e. The normalized spacial score (nSPS) is 20.7. The molecule has 40 heteroatoms. The van der Waals surface area contributed by atoms with Gasteiger partial charge in [-0.05, 0) is 276 Å². The Labute approximate surface area is 837 Å². The van der Waals surface area contributed by atoms with E-state index in [0.717, 1.165) is 147 Å². The number of alkyl halides is 4. The molecule has 8 atom stereocenters. The van der Waals surface area contributed by atoms with Crippen molar-refractivity contribution >= 4 is 66.9 Å². The van der Waals surface area contributed by atoms with Gasteiger partial charge in [0.1, 0.15) is 74.4 Å². The van der Waals surface area contributed by atoms with Gasteiger partial charge in [0.05, 0.1) is 126 Å². The first-order valence-corrected chi connectivity index (χ1v) is 50.8. The number of morpholine rings is 4. The number of rotatable bonds is 28. The number of fused-ring (bicyclic) bond motifs is 4. The molecule has 36 nitrogen and oxygen atoms in total. The second-order valence-electron chi connectivity index (χ2n) is 39.2. The molecule has 0 bridgehead atoms. The predicted octanol–water partition coefficient (Wildman–Crippen LogP) is 11.5. The van der Waals surface area contributed by atoms with E-state index in [0.29, 0.717) is 175 Å². The van der Waals surface area contributed by atoms with E-state index in [-0.39, 0.29) is 75.2 Å². The second-order valence-corrected chi connectivity index (χ2v) is 39.2. The van der Waals surface area contributed by atoms with Crippen LogP contribution in [-0.4, -0.2) is 380 Å². The number of nitrogens with zero attached hydrogens (tertiary/aromatic N) is 24. The van der Waals surface area contributed by atoms with Gasteiger partial charge in [-0.15, -0.1) is 0 Å². The second kappa shape index (κ2) is 47.9. The minimum atomic E-state index is -0.573. The first kappa shape index (κ1) is 104. The van der Waals surface area contributed by atoms with Crippen LogP contribution in [0, 0.1) is 27.7 Å². The van der Waals surface area contributed by atoms with Crippen molar-refractivity contribution in [2.75, 3.05) is 232 Å². The molecular weight excluding hydrogens is 1850 g/mol. The molecule has 20 rings (SSSR count). The minimum Gasteiger partial charge on any atom is -0.467 e. The Morgan fingerprint density at radius 3 is 0.667 bits per heavy atom. The summed E-state index contributed by atoms with van der Waals surface area (Å²) in [6, 6.07) is 26.4. The van der Waals surface area contributed by atoms with Crippen LogP contribution >= 0.6 is 0 Å². The third kappa shape index (κ3) is 24.3. The lowest BCUT2D eigenvalue weighted by Crippen LogP contribution is -2.47. The zero-order valence-electron chi connectivity index (χ0n) is 84.9. The average Bonchev–Trinajstić information content (AvgIpc) is 1.62. The van der Waals surface area contributed by atoms with Gasteiger partial charge in [0.2, 0.25) is 0 Å². The third-order valence-electron chi connectivity index (χ3n) is 29.7. The fraction of sp³-hybridized carbons (Fsp3) is 0.577. The topological polar surface area (TPSA) is 355 Å². The fourth-order valence-electron chi connectivity index (χ4n) is 21.4. The van der Waals surface area contributed by atoms with Gasteiger partial charge in [0, 0.05) is 124 Å². The molecule has 0 saturated carbocycles. The number of benzene rings is 4. The van der Waals surface area contributed by atoms with Crippen molar-refractivity contribution in [2.24, 2.45) is 0 Å². The molecule has 776 valence electrons. The molecule has 8 aliphatic heterocycles. The first-order valence-electron chi connectivity index (χ1n) is 50.8. The molecule has 12 aromatic rings. The number of aliphatic hydroxyl groups is 4. The van der Waals surface area contributed by atoms with Gasteiger partial charge in [-0.3, -0.25) is 0 Å². The van der Waals surface area contributed by atoms with Crippen LogP contribution < -0.4 is 38.5 Å². The molecule has 144 heavy (non-hydrogen) atoms. The summed E-state index contributed by atoms with van der Waals surface area (Å²) >= 11 is 0. The Bertz CT molecular complexity index is 5520. The lowest BCUT2D eigenvalue weighted by atomic mass is 9.86. The summed E-state index contributed by atoms with van der Waals surface area (Å²) in [6.45, 7) is 30.7. The molecule has 0 aliphatic carbocycles.